The molecule has 5 nitrogen and oxygen atoms in total. The highest BCUT2D eigenvalue weighted by atomic mass is 35.5. The molecule has 0 unspecified atom stereocenters. The Morgan fingerprint density at radius 1 is 1.03 bits per heavy atom. The summed E-state index contributed by atoms with van der Waals surface area (Å²) in [4.78, 5) is 17.2. The number of benzene rings is 3. The second kappa shape index (κ2) is 9.49. The third-order valence-electron chi connectivity index (χ3n) is 4.89. The lowest BCUT2D eigenvalue weighted by Crippen LogP contribution is -2.26. The van der Waals surface area contributed by atoms with E-state index in [0.29, 0.717) is 34.3 Å². The summed E-state index contributed by atoms with van der Waals surface area (Å²) < 4.78 is 11.1. The van der Waals surface area contributed by atoms with Crippen LogP contribution in [-0.2, 0) is 6.42 Å². The maximum absolute atomic E-state index is 12.8. The van der Waals surface area contributed by atoms with E-state index in [1.165, 1.54) is 0 Å². The van der Waals surface area contributed by atoms with Crippen LogP contribution in [0.3, 0.4) is 0 Å². The number of nitrogens with one attached hydrogen (secondary N) is 1. The Balaban J connectivity index is 1.46. The summed E-state index contributed by atoms with van der Waals surface area (Å²) in [5.74, 6) is 1.65. The first-order valence-electron chi connectivity index (χ1n) is 9.86. The molecule has 0 radical (unpaired) electrons. The van der Waals surface area contributed by atoms with Crippen LogP contribution in [0.1, 0.15) is 15.9 Å². The molecular weight excluding hydrogens is 412 g/mol. The number of aromatic nitrogens is 1. The predicted octanol–water partition coefficient (Wildman–Crippen LogP) is 5.64. The molecule has 0 aliphatic heterocycles. The van der Waals surface area contributed by atoms with Crippen molar-refractivity contribution in [1.29, 1.82) is 0 Å². The van der Waals surface area contributed by atoms with Gasteiger partial charge in [0.15, 0.2) is 5.76 Å². The first-order valence-corrected chi connectivity index (χ1v) is 10.2. The van der Waals surface area contributed by atoms with Gasteiger partial charge in [-0.1, -0.05) is 35.9 Å². The summed E-state index contributed by atoms with van der Waals surface area (Å²) in [5.41, 5.74) is 3.14. The summed E-state index contributed by atoms with van der Waals surface area (Å²) in [5, 5.41) is 3.63. The van der Waals surface area contributed by atoms with Gasteiger partial charge in [-0.05, 0) is 60.5 Å². The standard InChI is InChI=1S/C25H21ClN2O3/c1-30-20-12-6-17(7-13-20)14-15-27-24(29)21-4-2-3-5-22(21)25-28-16-23(31-25)18-8-10-19(26)11-9-18/h2-13,16H,14-15H2,1H3,(H,27,29). The van der Waals surface area contributed by atoms with Crippen molar-refractivity contribution >= 4 is 17.5 Å². The van der Waals surface area contributed by atoms with Gasteiger partial charge in [0.25, 0.3) is 5.91 Å². The first kappa shape index (κ1) is 20.7. The van der Waals surface area contributed by atoms with Crippen LogP contribution < -0.4 is 10.1 Å². The van der Waals surface area contributed by atoms with Gasteiger partial charge in [0.1, 0.15) is 5.75 Å². The summed E-state index contributed by atoms with van der Waals surface area (Å²) >= 11 is 5.95. The van der Waals surface area contributed by atoms with Gasteiger partial charge in [-0.2, -0.15) is 0 Å². The summed E-state index contributed by atoms with van der Waals surface area (Å²) in [7, 11) is 1.64. The second-order valence-corrected chi connectivity index (χ2v) is 7.37. The zero-order chi connectivity index (χ0) is 21.6. The lowest BCUT2D eigenvalue weighted by molar-refractivity contribution is 0.0954. The van der Waals surface area contributed by atoms with E-state index in [4.69, 9.17) is 20.8 Å². The number of nitrogens with zero attached hydrogens (tertiary/aromatic N) is 1. The van der Waals surface area contributed by atoms with Gasteiger partial charge in [-0.25, -0.2) is 4.98 Å². The molecule has 1 N–H and O–H groups in total. The molecule has 1 amide bonds. The number of oxazole rings is 1. The molecule has 0 atom stereocenters. The summed E-state index contributed by atoms with van der Waals surface area (Å²) in [6, 6.07) is 22.4. The molecule has 1 aromatic heterocycles. The number of ether oxygens (including phenoxy) is 1. The van der Waals surface area contributed by atoms with Crippen molar-refractivity contribution in [2.75, 3.05) is 13.7 Å². The van der Waals surface area contributed by atoms with Gasteiger partial charge in [0.2, 0.25) is 5.89 Å². The van der Waals surface area contributed by atoms with Gasteiger partial charge < -0.3 is 14.5 Å². The average Bonchev–Trinajstić information content (AvgIpc) is 3.30. The van der Waals surface area contributed by atoms with E-state index in [9.17, 15) is 4.79 Å². The molecule has 0 spiro atoms. The fraction of sp³-hybridized carbons (Fsp3) is 0.120. The summed E-state index contributed by atoms with van der Waals surface area (Å²) in [6.07, 6.45) is 2.37. The zero-order valence-electron chi connectivity index (χ0n) is 17.0. The normalized spacial score (nSPS) is 10.6. The molecule has 0 aliphatic carbocycles. The molecule has 3 aromatic carbocycles. The molecule has 4 rings (SSSR count). The number of rotatable bonds is 7. The minimum atomic E-state index is -0.171. The SMILES string of the molecule is COc1ccc(CCNC(=O)c2ccccc2-c2ncc(-c3ccc(Cl)cc3)o2)cc1. The number of amides is 1. The molecule has 1 heterocycles. The van der Waals surface area contributed by atoms with Gasteiger partial charge in [-0.3, -0.25) is 4.79 Å². The minimum Gasteiger partial charge on any atom is -0.497 e. The van der Waals surface area contributed by atoms with Crippen LogP contribution in [0.25, 0.3) is 22.8 Å². The van der Waals surface area contributed by atoms with E-state index in [1.807, 2.05) is 54.6 Å². The van der Waals surface area contributed by atoms with Crippen LogP contribution in [0.15, 0.2) is 83.4 Å². The van der Waals surface area contributed by atoms with E-state index in [1.54, 1.807) is 31.5 Å². The largest absolute Gasteiger partial charge is 0.497 e. The Hall–Kier alpha value is -3.57. The van der Waals surface area contributed by atoms with E-state index >= 15 is 0 Å². The highest BCUT2D eigenvalue weighted by Gasteiger charge is 2.16. The van der Waals surface area contributed by atoms with E-state index in [0.717, 1.165) is 23.3 Å². The number of hydrogen-bond acceptors (Lipinski definition) is 4. The fourth-order valence-corrected chi connectivity index (χ4v) is 3.35. The van der Waals surface area contributed by atoms with Crippen LogP contribution in [0, 0.1) is 0 Å². The third kappa shape index (κ3) is 4.95. The van der Waals surface area contributed by atoms with Crippen LogP contribution in [0.2, 0.25) is 5.02 Å². The fourth-order valence-electron chi connectivity index (χ4n) is 3.22. The number of carbonyl (C=O) groups is 1. The molecule has 0 saturated heterocycles. The Labute approximate surface area is 185 Å². The molecule has 6 heteroatoms. The first-order chi connectivity index (χ1) is 15.1. The lowest BCUT2D eigenvalue weighted by atomic mass is 10.1. The van der Waals surface area contributed by atoms with Crippen LogP contribution in [0.4, 0.5) is 0 Å². The van der Waals surface area contributed by atoms with Gasteiger partial charge >= 0.3 is 0 Å². The zero-order valence-corrected chi connectivity index (χ0v) is 17.7. The molecular formula is C25H21ClN2O3. The lowest BCUT2D eigenvalue weighted by Gasteiger charge is -2.09. The molecule has 31 heavy (non-hydrogen) atoms. The summed E-state index contributed by atoms with van der Waals surface area (Å²) in [6.45, 7) is 0.515. The number of halogens is 1. The van der Waals surface area contributed by atoms with Gasteiger partial charge in [0.05, 0.1) is 18.9 Å². The van der Waals surface area contributed by atoms with Crippen molar-refractivity contribution in [2.45, 2.75) is 6.42 Å². The number of carbonyl (C=O) groups excluding carboxylic acids is 1. The Kier molecular flexibility index (Phi) is 6.34. The van der Waals surface area contributed by atoms with E-state index < -0.39 is 0 Å². The van der Waals surface area contributed by atoms with Crippen molar-refractivity contribution < 1.29 is 13.9 Å². The van der Waals surface area contributed by atoms with Gasteiger partial charge in [0, 0.05) is 22.7 Å². The van der Waals surface area contributed by atoms with Crippen molar-refractivity contribution in [3.05, 3.63) is 95.1 Å². The van der Waals surface area contributed by atoms with E-state index in [2.05, 4.69) is 10.3 Å². The monoisotopic (exact) mass is 432 g/mol. The smallest absolute Gasteiger partial charge is 0.252 e. The number of hydrogen-bond donors (Lipinski definition) is 1. The molecule has 0 aliphatic rings. The maximum Gasteiger partial charge on any atom is 0.252 e. The molecule has 0 bridgehead atoms. The van der Waals surface area contributed by atoms with Crippen LogP contribution in [0.5, 0.6) is 5.75 Å². The molecule has 0 saturated carbocycles. The topological polar surface area (TPSA) is 64.4 Å². The minimum absolute atomic E-state index is 0.171. The van der Waals surface area contributed by atoms with Crippen molar-refractivity contribution in [3.8, 4) is 28.5 Å². The Morgan fingerprint density at radius 3 is 2.52 bits per heavy atom. The second-order valence-electron chi connectivity index (χ2n) is 6.94. The average molecular weight is 433 g/mol. The Morgan fingerprint density at radius 2 is 1.77 bits per heavy atom. The van der Waals surface area contributed by atoms with Crippen molar-refractivity contribution in [1.82, 2.24) is 10.3 Å². The van der Waals surface area contributed by atoms with E-state index in [-0.39, 0.29) is 5.91 Å². The quantitative estimate of drug-likeness (QED) is 0.410. The highest BCUT2D eigenvalue weighted by molar-refractivity contribution is 6.30. The van der Waals surface area contributed by atoms with Gasteiger partial charge in [-0.15, -0.1) is 0 Å². The molecule has 156 valence electrons. The molecule has 4 aromatic rings. The maximum atomic E-state index is 12.8. The molecule has 0 fully saturated rings. The Bertz CT molecular complexity index is 1170. The third-order valence-corrected chi connectivity index (χ3v) is 5.15. The van der Waals surface area contributed by atoms with Crippen molar-refractivity contribution in [2.24, 2.45) is 0 Å². The number of methoxy groups -OCH3 is 1. The predicted molar refractivity (Wildman–Crippen MR) is 121 cm³/mol. The van der Waals surface area contributed by atoms with Crippen molar-refractivity contribution in [3.63, 3.8) is 0 Å². The highest BCUT2D eigenvalue weighted by Crippen LogP contribution is 2.29. The van der Waals surface area contributed by atoms with Crippen LogP contribution in [-0.4, -0.2) is 24.5 Å². The van der Waals surface area contributed by atoms with Crippen LogP contribution >= 0.6 is 11.6 Å².